The molecular formula is C18H37KO4S. The van der Waals surface area contributed by atoms with Gasteiger partial charge in [0.2, 0.25) is 0 Å². The molecule has 0 fully saturated rings. The van der Waals surface area contributed by atoms with Gasteiger partial charge >= 0.3 is 51.4 Å². The van der Waals surface area contributed by atoms with E-state index in [9.17, 15) is 18.1 Å². The molecule has 0 saturated carbocycles. The Balaban J connectivity index is 0. The average molecular weight is 389 g/mol. The van der Waals surface area contributed by atoms with Crippen LogP contribution in [0.25, 0.3) is 0 Å². The first-order chi connectivity index (χ1) is 10.9. The van der Waals surface area contributed by atoms with Crippen LogP contribution in [0.15, 0.2) is 0 Å². The molecule has 0 aliphatic carbocycles. The summed E-state index contributed by atoms with van der Waals surface area (Å²) in [5.74, 6) is 0. The van der Waals surface area contributed by atoms with Gasteiger partial charge in [-0.05, 0) is 25.7 Å². The monoisotopic (exact) mass is 388 g/mol. The molecule has 1 N–H and O–H groups in total. The van der Waals surface area contributed by atoms with E-state index in [1.54, 1.807) is 0 Å². The second kappa shape index (κ2) is 17.9. The molecule has 0 heterocycles. The summed E-state index contributed by atoms with van der Waals surface area (Å²) in [6.07, 6.45) is 12.3. The summed E-state index contributed by atoms with van der Waals surface area (Å²) in [6, 6.07) is 0. The van der Waals surface area contributed by atoms with E-state index in [0.29, 0.717) is 25.7 Å². The van der Waals surface area contributed by atoms with E-state index in [-0.39, 0.29) is 51.4 Å². The Morgan fingerprint density at radius 3 is 1.75 bits per heavy atom. The van der Waals surface area contributed by atoms with Crippen molar-refractivity contribution < 1.29 is 69.5 Å². The number of unbranched alkanes of at least 4 members (excludes halogenated alkanes) is 8. The average Bonchev–Trinajstić information content (AvgIpc) is 2.48. The third-order valence-electron chi connectivity index (χ3n) is 4.50. The summed E-state index contributed by atoms with van der Waals surface area (Å²) in [6.45, 7) is 4.30. The molecule has 0 spiro atoms. The third-order valence-corrected chi connectivity index (χ3v) is 5.79. The number of aliphatic hydroxyl groups is 1. The largest absolute Gasteiger partial charge is 1.00 e. The van der Waals surface area contributed by atoms with Gasteiger partial charge in [-0.25, -0.2) is 8.42 Å². The summed E-state index contributed by atoms with van der Waals surface area (Å²) in [5, 5.41) is 9.11. The van der Waals surface area contributed by atoms with E-state index in [1.807, 2.05) is 0 Å². The minimum absolute atomic E-state index is 0. The minimum Gasteiger partial charge on any atom is -0.748 e. The van der Waals surface area contributed by atoms with Crippen molar-refractivity contribution in [2.24, 2.45) is 0 Å². The van der Waals surface area contributed by atoms with E-state index in [1.165, 1.54) is 25.7 Å². The first-order valence-corrected chi connectivity index (χ1v) is 11.0. The van der Waals surface area contributed by atoms with Crippen molar-refractivity contribution in [3.8, 4) is 0 Å². The van der Waals surface area contributed by atoms with Gasteiger partial charge in [0.05, 0.1) is 16.2 Å². The Morgan fingerprint density at radius 1 is 0.750 bits per heavy atom. The number of hydrogen-bond acceptors (Lipinski definition) is 4. The topological polar surface area (TPSA) is 77.4 Å². The molecule has 0 aromatic rings. The Kier molecular flexibility index (Phi) is 20.7. The van der Waals surface area contributed by atoms with Gasteiger partial charge in [0.15, 0.2) is 0 Å². The molecule has 0 aromatic carbocycles. The second-order valence-corrected chi connectivity index (χ2v) is 8.40. The SMILES string of the molecule is CCCCCCCCC(CCC(O)CCCCCC)S(=O)(=O)[O-].[K+]. The fourth-order valence-corrected chi connectivity index (χ4v) is 3.79. The fourth-order valence-electron chi connectivity index (χ4n) is 2.91. The Morgan fingerprint density at radius 2 is 1.21 bits per heavy atom. The van der Waals surface area contributed by atoms with E-state index in [2.05, 4.69) is 13.8 Å². The van der Waals surface area contributed by atoms with Crippen LogP contribution in [0.1, 0.15) is 104 Å². The zero-order valence-corrected chi connectivity index (χ0v) is 20.1. The van der Waals surface area contributed by atoms with Crippen LogP contribution in [0.3, 0.4) is 0 Å². The van der Waals surface area contributed by atoms with Gasteiger partial charge in [-0.2, -0.15) is 0 Å². The molecule has 0 aromatic heterocycles. The molecule has 0 saturated heterocycles. The van der Waals surface area contributed by atoms with E-state index in [4.69, 9.17) is 0 Å². The second-order valence-electron chi connectivity index (χ2n) is 6.75. The predicted molar refractivity (Wildman–Crippen MR) is 95.5 cm³/mol. The molecule has 0 rings (SSSR count). The van der Waals surface area contributed by atoms with E-state index < -0.39 is 21.5 Å². The number of rotatable bonds is 16. The van der Waals surface area contributed by atoms with Crippen molar-refractivity contribution in [2.45, 2.75) is 115 Å². The number of hydrogen-bond donors (Lipinski definition) is 1. The Labute approximate surface area is 192 Å². The third kappa shape index (κ3) is 16.9. The quantitative estimate of drug-likeness (QED) is 0.248. The molecular weight excluding hydrogens is 351 g/mol. The van der Waals surface area contributed by atoms with Gasteiger partial charge in [-0.3, -0.25) is 0 Å². The molecule has 0 amide bonds. The van der Waals surface area contributed by atoms with E-state index >= 15 is 0 Å². The van der Waals surface area contributed by atoms with Crippen molar-refractivity contribution in [1.29, 1.82) is 0 Å². The normalized spacial score (nSPS) is 14.2. The van der Waals surface area contributed by atoms with Crippen LogP contribution in [0, 0.1) is 0 Å². The first-order valence-electron chi connectivity index (χ1n) is 9.54. The van der Waals surface area contributed by atoms with Gasteiger partial charge in [-0.1, -0.05) is 78.1 Å². The summed E-state index contributed by atoms with van der Waals surface area (Å²) in [4.78, 5) is 0. The number of aliphatic hydroxyl groups excluding tert-OH is 1. The van der Waals surface area contributed by atoms with Crippen molar-refractivity contribution in [3.63, 3.8) is 0 Å². The molecule has 140 valence electrons. The van der Waals surface area contributed by atoms with Crippen molar-refractivity contribution in [3.05, 3.63) is 0 Å². The Hall–Kier alpha value is 1.51. The van der Waals surface area contributed by atoms with Crippen molar-refractivity contribution in [1.82, 2.24) is 0 Å². The van der Waals surface area contributed by atoms with Gasteiger partial charge in [0.25, 0.3) is 0 Å². The molecule has 0 bridgehead atoms. The molecule has 24 heavy (non-hydrogen) atoms. The summed E-state index contributed by atoms with van der Waals surface area (Å²) in [5.41, 5.74) is 0. The van der Waals surface area contributed by atoms with Crippen molar-refractivity contribution >= 4 is 10.1 Å². The maximum atomic E-state index is 11.4. The van der Waals surface area contributed by atoms with Crippen LogP contribution in [-0.4, -0.2) is 29.4 Å². The van der Waals surface area contributed by atoms with Gasteiger partial charge in [-0.15, -0.1) is 0 Å². The standard InChI is InChI=1S/C18H38O4S.K/c1-3-5-7-9-10-12-14-18(23(20,21)22)16-15-17(19)13-11-8-6-4-2;/h17-19H,3-16H2,1-2H3,(H,20,21,22);/q;+1/p-1. The van der Waals surface area contributed by atoms with Gasteiger partial charge < -0.3 is 9.66 Å². The zero-order chi connectivity index (χ0) is 17.6. The van der Waals surface area contributed by atoms with Crippen LogP contribution in [0.4, 0.5) is 0 Å². The first kappa shape index (κ1) is 27.7. The molecule has 2 unspecified atom stereocenters. The van der Waals surface area contributed by atoms with Gasteiger partial charge in [0, 0.05) is 5.25 Å². The maximum Gasteiger partial charge on any atom is 1.00 e. The summed E-state index contributed by atoms with van der Waals surface area (Å²) in [7, 11) is -4.25. The Bertz CT molecular complexity index is 360. The molecule has 4 nitrogen and oxygen atoms in total. The fraction of sp³-hybridized carbons (Fsp3) is 1.00. The summed E-state index contributed by atoms with van der Waals surface area (Å²) < 4.78 is 34.1. The van der Waals surface area contributed by atoms with Crippen LogP contribution in [0.5, 0.6) is 0 Å². The zero-order valence-electron chi connectivity index (χ0n) is 16.1. The molecule has 0 radical (unpaired) electrons. The minimum atomic E-state index is -4.25. The maximum absolute atomic E-state index is 11.4. The molecule has 2 atom stereocenters. The molecule has 6 heteroatoms. The molecule has 0 aliphatic rings. The smallest absolute Gasteiger partial charge is 0.748 e. The summed E-state index contributed by atoms with van der Waals surface area (Å²) >= 11 is 0. The van der Waals surface area contributed by atoms with Crippen molar-refractivity contribution in [2.75, 3.05) is 0 Å². The van der Waals surface area contributed by atoms with E-state index in [0.717, 1.165) is 38.5 Å². The van der Waals surface area contributed by atoms with Crippen LogP contribution >= 0.6 is 0 Å². The van der Waals surface area contributed by atoms with Crippen LogP contribution in [-0.2, 0) is 10.1 Å². The molecule has 0 aliphatic heterocycles. The predicted octanol–water partition coefficient (Wildman–Crippen LogP) is 1.77. The van der Waals surface area contributed by atoms with Crippen LogP contribution in [0.2, 0.25) is 0 Å². The van der Waals surface area contributed by atoms with Gasteiger partial charge in [0.1, 0.15) is 0 Å². The van der Waals surface area contributed by atoms with Crippen LogP contribution < -0.4 is 51.4 Å².